The summed E-state index contributed by atoms with van der Waals surface area (Å²) in [6.07, 6.45) is 11.1. The molecule has 0 spiro atoms. The topological polar surface area (TPSA) is 141 Å². The van der Waals surface area contributed by atoms with Crippen LogP contribution >= 0.6 is 0 Å². The molecule has 10 heteroatoms. The average Bonchev–Trinajstić information content (AvgIpc) is 2.50. The Morgan fingerprint density at radius 3 is 1.62 bits per heavy atom. The predicted molar refractivity (Wildman–Crippen MR) is 91.2 cm³/mol. The monoisotopic (exact) mass is 406 g/mol. The zero-order valence-corrected chi connectivity index (χ0v) is 18.8. The van der Waals surface area contributed by atoms with Crippen LogP contribution in [0.5, 0.6) is 0 Å². The number of aliphatic carboxylic acids is 2. The second-order valence-electron chi connectivity index (χ2n) is 5.70. The molecule has 0 unspecified atom stereocenters. The third-order valence-electron chi connectivity index (χ3n) is 3.27. The maximum absolute atomic E-state index is 10.2. The smallest absolute Gasteiger partial charge is 0.550 e. The van der Waals surface area contributed by atoms with Crippen LogP contribution in [0, 0.1) is 0 Å². The summed E-state index contributed by atoms with van der Waals surface area (Å²) in [6, 6.07) is 0. The number of carbonyl (C=O) groups excluding carboxylic acids is 1. The number of carbonyl (C=O) groups is 2. The van der Waals surface area contributed by atoms with Crippen LogP contribution in [-0.4, -0.2) is 36.6 Å². The molecule has 26 heavy (non-hydrogen) atoms. The summed E-state index contributed by atoms with van der Waals surface area (Å²) in [7, 11) is -4.23. The molecule has 0 aliphatic carbocycles. The first-order chi connectivity index (χ1) is 11.7. The third kappa shape index (κ3) is 35.0. The first-order valence-electron chi connectivity index (χ1n) is 8.72. The van der Waals surface area contributed by atoms with E-state index < -0.39 is 28.8 Å². The summed E-state index contributed by atoms with van der Waals surface area (Å²) in [5.41, 5.74) is 0. The molecule has 0 rings (SSSR count). The molecular weight excluding hydrogens is 375 g/mol. The van der Waals surface area contributed by atoms with Crippen molar-refractivity contribution in [1.29, 1.82) is 0 Å². The molecule has 8 nitrogen and oxygen atoms in total. The summed E-state index contributed by atoms with van der Waals surface area (Å²) >= 11 is 0. The predicted octanol–water partition coefficient (Wildman–Crippen LogP) is -0.668. The minimum atomic E-state index is -4.23. The first-order valence-corrected chi connectivity index (χ1v) is 10.1. The van der Waals surface area contributed by atoms with Gasteiger partial charge in [-0.05, 0) is 12.8 Å². The van der Waals surface area contributed by atoms with Crippen molar-refractivity contribution in [1.82, 2.24) is 0 Å². The van der Waals surface area contributed by atoms with E-state index in [4.69, 9.17) is 9.66 Å². The molecule has 0 heterocycles. The van der Waals surface area contributed by atoms with Crippen molar-refractivity contribution in [3.8, 4) is 0 Å². The van der Waals surface area contributed by atoms with Gasteiger partial charge in [0.2, 0.25) is 0 Å². The average molecular weight is 406 g/mol. The largest absolute Gasteiger partial charge is 1.00 e. The Hall–Kier alpha value is -0.190. The Morgan fingerprint density at radius 1 is 0.885 bits per heavy atom. The van der Waals surface area contributed by atoms with Gasteiger partial charge >= 0.3 is 45.9 Å². The van der Waals surface area contributed by atoms with Crippen molar-refractivity contribution in [2.45, 2.75) is 84.0 Å². The van der Waals surface area contributed by atoms with Gasteiger partial charge in [-0.1, -0.05) is 64.7 Å². The number of hydrogen-bond acceptors (Lipinski definition) is 6. The summed E-state index contributed by atoms with van der Waals surface area (Å²) < 4.78 is 33.0. The quantitative estimate of drug-likeness (QED) is 0.207. The van der Waals surface area contributed by atoms with E-state index in [1.165, 1.54) is 44.9 Å². The van der Waals surface area contributed by atoms with Gasteiger partial charge in [0, 0.05) is 5.97 Å². The molecular formula is C16H31NaO8S. The van der Waals surface area contributed by atoms with Crippen molar-refractivity contribution in [2.24, 2.45) is 0 Å². The fourth-order valence-electron chi connectivity index (χ4n) is 1.96. The number of unbranched alkanes of at least 4 members (excludes halogenated alkanes) is 9. The molecule has 0 aromatic heterocycles. The molecule has 0 aliphatic heterocycles. The number of carboxylic acid groups (broad SMARTS) is 2. The molecule has 0 amide bonds. The second kappa shape index (κ2) is 21.1. The van der Waals surface area contributed by atoms with Crippen LogP contribution in [0.3, 0.4) is 0 Å². The molecule has 0 aromatic carbocycles. The summed E-state index contributed by atoms with van der Waals surface area (Å²) in [6.45, 7) is 2.31. The van der Waals surface area contributed by atoms with Gasteiger partial charge in [0.1, 0.15) is 0 Å². The number of rotatable bonds is 15. The van der Waals surface area contributed by atoms with Crippen LogP contribution in [0.1, 0.15) is 84.0 Å². The van der Waals surface area contributed by atoms with Crippen LogP contribution in [0.4, 0.5) is 0 Å². The van der Waals surface area contributed by atoms with Crippen LogP contribution in [0.15, 0.2) is 0 Å². The second-order valence-corrected chi connectivity index (χ2v) is 6.79. The molecule has 0 aromatic rings. The third-order valence-corrected chi connectivity index (χ3v) is 3.74. The van der Waals surface area contributed by atoms with Gasteiger partial charge in [-0.15, -0.1) is 0 Å². The van der Waals surface area contributed by atoms with Crippen LogP contribution in [-0.2, 0) is 24.2 Å². The molecule has 0 saturated heterocycles. The minimum Gasteiger partial charge on any atom is -0.550 e. The van der Waals surface area contributed by atoms with Gasteiger partial charge in [-0.2, -0.15) is 8.42 Å². The standard InChI is InChI=1S/C12H26O4S.C4H6O4.Na/c1-2-3-4-5-6-7-8-9-10-11-12-16-17(13,14)15;5-3(6)1-2-4(7)8;/h2-12H2,1H3,(H,13,14,15);1-2H2,(H,5,6)(H,7,8);/q;;+1/p-1. The van der Waals surface area contributed by atoms with Gasteiger partial charge in [0.25, 0.3) is 0 Å². The first kappa shape index (κ1) is 30.5. The van der Waals surface area contributed by atoms with E-state index in [1.54, 1.807) is 0 Å². The fourth-order valence-corrected chi connectivity index (χ4v) is 2.29. The Kier molecular flexibility index (Phi) is 24.8. The fraction of sp³-hybridized carbons (Fsp3) is 0.875. The zero-order chi connectivity index (χ0) is 19.6. The number of carboxylic acids is 2. The Morgan fingerprint density at radius 2 is 1.31 bits per heavy atom. The Bertz CT molecular complexity index is 426. The molecule has 0 radical (unpaired) electrons. The van der Waals surface area contributed by atoms with Crippen molar-refractivity contribution < 1.29 is 66.5 Å². The van der Waals surface area contributed by atoms with Gasteiger partial charge < -0.3 is 15.0 Å². The maximum Gasteiger partial charge on any atom is 1.00 e. The normalized spacial score (nSPS) is 10.4. The molecule has 0 aliphatic rings. The van der Waals surface area contributed by atoms with E-state index in [0.29, 0.717) is 6.42 Å². The maximum atomic E-state index is 10.2. The molecule has 150 valence electrons. The van der Waals surface area contributed by atoms with Crippen LogP contribution in [0.25, 0.3) is 0 Å². The van der Waals surface area contributed by atoms with Gasteiger partial charge in [0.15, 0.2) is 0 Å². The van der Waals surface area contributed by atoms with Crippen molar-refractivity contribution in [2.75, 3.05) is 6.61 Å². The van der Waals surface area contributed by atoms with Gasteiger partial charge in [0.05, 0.1) is 13.0 Å². The minimum absolute atomic E-state index is 0. The van der Waals surface area contributed by atoms with E-state index in [2.05, 4.69) is 11.1 Å². The van der Waals surface area contributed by atoms with Crippen LogP contribution < -0.4 is 34.7 Å². The molecule has 2 N–H and O–H groups in total. The Labute approximate surface area is 178 Å². The van der Waals surface area contributed by atoms with Gasteiger partial charge in [-0.3, -0.25) is 9.35 Å². The van der Waals surface area contributed by atoms with E-state index in [9.17, 15) is 23.1 Å². The van der Waals surface area contributed by atoms with Crippen LogP contribution in [0.2, 0.25) is 0 Å². The Balaban J connectivity index is -0.000000498. The molecule has 0 fully saturated rings. The zero-order valence-electron chi connectivity index (χ0n) is 15.9. The van der Waals surface area contributed by atoms with Crippen molar-refractivity contribution in [3.63, 3.8) is 0 Å². The van der Waals surface area contributed by atoms with Gasteiger partial charge in [-0.25, -0.2) is 4.18 Å². The SMILES string of the molecule is CCCCCCCCCCCCOS(=O)(=O)O.O=C([O-])CCC(=O)O.[Na+]. The molecule has 0 saturated carbocycles. The molecule has 0 atom stereocenters. The number of hydrogen-bond donors (Lipinski definition) is 2. The summed E-state index contributed by atoms with van der Waals surface area (Å²) in [4.78, 5) is 19.1. The summed E-state index contributed by atoms with van der Waals surface area (Å²) in [5, 5.41) is 17.4. The van der Waals surface area contributed by atoms with E-state index in [0.717, 1.165) is 12.8 Å². The summed E-state index contributed by atoms with van der Waals surface area (Å²) in [5.74, 6) is -2.44. The van der Waals surface area contributed by atoms with Crippen molar-refractivity contribution in [3.05, 3.63) is 0 Å². The van der Waals surface area contributed by atoms with E-state index >= 15 is 0 Å². The van der Waals surface area contributed by atoms with Crippen molar-refractivity contribution >= 4 is 22.3 Å². The van der Waals surface area contributed by atoms with E-state index in [1.807, 2.05) is 0 Å². The molecule has 0 bridgehead atoms. The van der Waals surface area contributed by atoms with E-state index in [-0.39, 0.29) is 42.6 Å².